The van der Waals surface area contributed by atoms with Gasteiger partial charge >= 0.3 is 0 Å². The summed E-state index contributed by atoms with van der Waals surface area (Å²) in [7, 11) is 3.86. The Labute approximate surface area is 213 Å². The minimum atomic E-state index is -0.581. The lowest BCUT2D eigenvalue weighted by atomic mass is 10.1. The van der Waals surface area contributed by atoms with E-state index in [-0.39, 0.29) is 35.4 Å². The molecule has 3 amide bonds. The molecule has 0 aliphatic rings. The largest absolute Gasteiger partial charge is 0.351 e. The van der Waals surface area contributed by atoms with Crippen LogP contribution in [0, 0.1) is 5.82 Å². The molecule has 0 saturated heterocycles. The average Bonchev–Trinajstić information content (AvgIpc) is 2.87. The van der Waals surface area contributed by atoms with Crippen LogP contribution in [0.3, 0.4) is 0 Å². The van der Waals surface area contributed by atoms with Crippen molar-refractivity contribution in [2.75, 3.05) is 27.2 Å². The zero-order valence-corrected chi connectivity index (χ0v) is 20.6. The molecule has 0 atom stereocenters. The van der Waals surface area contributed by atoms with Crippen molar-refractivity contribution in [3.8, 4) is 0 Å². The van der Waals surface area contributed by atoms with Gasteiger partial charge in [-0.1, -0.05) is 29.8 Å². The van der Waals surface area contributed by atoms with Crippen molar-refractivity contribution in [1.29, 1.82) is 0 Å². The van der Waals surface area contributed by atoms with Crippen LogP contribution in [0.25, 0.3) is 0 Å². The molecule has 36 heavy (non-hydrogen) atoms. The molecule has 3 N–H and O–H groups in total. The fraction of sp³-hybridized carbons (Fsp3) is 0.240. The van der Waals surface area contributed by atoms with Gasteiger partial charge in [0.15, 0.2) is 0 Å². The van der Waals surface area contributed by atoms with Crippen molar-refractivity contribution in [3.05, 3.63) is 93.8 Å². The summed E-state index contributed by atoms with van der Waals surface area (Å²) in [5, 5.41) is 8.17. The topological polar surface area (TPSA) is 116 Å². The third kappa shape index (κ3) is 7.82. The molecule has 0 fully saturated rings. The van der Waals surface area contributed by atoms with Gasteiger partial charge in [0.2, 0.25) is 0 Å². The van der Waals surface area contributed by atoms with Gasteiger partial charge in [-0.15, -0.1) is 0 Å². The summed E-state index contributed by atoms with van der Waals surface area (Å²) < 4.78 is 13.6. The van der Waals surface area contributed by atoms with E-state index in [2.05, 4.69) is 25.9 Å². The Hall–Kier alpha value is -3.89. The molecule has 0 aliphatic carbocycles. The van der Waals surface area contributed by atoms with E-state index in [1.54, 1.807) is 30.3 Å². The molecule has 9 nitrogen and oxygen atoms in total. The lowest BCUT2D eigenvalue weighted by molar-refractivity contribution is 0.0935. The Bertz CT molecular complexity index is 1240. The Balaban J connectivity index is 1.52. The molecule has 0 saturated carbocycles. The summed E-state index contributed by atoms with van der Waals surface area (Å²) in [6.07, 6.45) is 1.12. The van der Waals surface area contributed by atoms with Crippen LogP contribution in [-0.4, -0.2) is 59.8 Å². The minimum Gasteiger partial charge on any atom is -0.351 e. The van der Waals surface area contributed by atoms with Crippen LogP contribution in [0.15, 0.2) is 54.9 Å². The fourth-order valence-corrected chi connectivity index (χ4v) is 3.19. The maximum Gasteiger partial charge on any atom is 0.270 e. The number of carbonyl (C=O) groups is 3. The second kappa shape index (κ2) is 12.7. The molecule has 3 rings (SSSR count). The number of halogens is 2. The van der Waals surface area contributed by atoms with Crippen molar-refractivity contribution in [3.63, 3.8) is 0 Å². The second-order valence-electron chi connectivity index (χ2n) is 8.16. The number of carbonyl (C=O) groups excluding carboxylic acids is 3. The van der Waals surface area contributed by atoms with Crippen LogP contribution >= 0.6 is 11.6 Å². The predicted molar refractivity (Wildman–Crippen MR) is 133 cm³/mol. The van der Waals surface area contributed by atoms with E-state index in [0.29, 0.717) is 17.7 Å². The first kappa shape index (κ1) is 26.7. The molecule has 3 aromatic rings. The first-order valence-electron chi connectivity index (χ1n) is 11.1. The van der Waals surface area contributed by atoms with Gasteiger partial charge in [0, 0.05) is 37.8 Å². The number of amides is 3. The number of benzene rings is 2. The average molecular weight is 513 g/mol. The molecule has 11 heteroatoms. The van der Waals surface area contributed by atoms with Gasteiger partial charge in [-0.3, -0.25) is 14.4 Å². The van der Waals surface area contributed by atoms with E-state index in [1.165, 1.54) is 18.2 Å². The molecular weight excluding hydrogens is 487 g/mol. The van der Waals surface area contributed by atoms with Crippen LogP contribution in [0.2, 0.25) is 5.02 Å². The van der Waals surface area contributed by atoms with Gasteiger partial charge < -0.3 is 20.9 Å². The summed E-state index contributed by atoms with van der Waals surface area (Å²) in [5.41, 5.74) is 1.85. The van der Waals surface area contributed by atoms with Gasteiger partial charge in [-0.2, -0.15) is 0 Å². The molecule has 0 bridgehead atoms. The van der Waals surface area contributed by atoms with Crippen LogP contribution in [0.5, 0.6) is 0 Å². The molecule has 188 valence electrons. The highest BCUT2D eigenvalue weighted by Gasteiger charge is 2.14. The van der Waals surface area contributed by atoms with Crippen LogP contribution in [0.4, 0.5) is 4.39 Å². The lowest BCUT2D eigenvalue weighted by Gasteiger charge is -2.11. The van der Waals surface area contributed by atoms with E-state index in [9.17, 15) is 18.8 Å². The Morgan fingerprint density at radius 1 is 0.833 bits per heavy atom. The first-order chi connectivity index (χ1) is 17.2. The Morgan fingerprint density at radius 2 is 1.42 bits per heavy atom. The maximum atomic E-state index is 13.6. The zero-order chi connectivity index (χ0) is 26.1. The van der Waals surface area contributed by atoms with Crippen molar-refractivity contribution in [2.24, 2.45) is 0 Å². The van der Waals surface area contributed by atoms with E-state index in [0.717, 1.165) is 18.4 Å². The van der Waals surface area contributed by atoms with Crippen molar-refractivity contribution in [2.45, 2.75) is 13.1 Å². The van der Waals surface area contributed by atoms with Gasteiger partial charge in [0.25, 0.3) is 17.7 Å². The molecule has 2 aromatic carbocycles. The number of likely N-dealkylation sites (N-methyl/N-ethyl adjacent to an activating group) is 1. The highest BCUT2D eigenvalue weighted by atomic mass is 35.5. The van der Waals surface area contributed by atoms with Crippen LogP contribution in [-0.2, 0) is 13.1 Å². The summed E-state index contributed by atoms with van der Waals surface area (Å²) in [4.78, 5) is 46.9. The first-order valence-corrected chi connectivity index (χ1v) is 11.4. The van der Waals surface area contributed by atoms with E-state index >= 15 is 0 Å². The van der Waals surface area contributed by atoms with Crippen molar-refractivity contribution >= 4 is 29.3 Å². The summed E-state index contributed by atoms with van der Waals surface area (Å²) >= 11 is 5.66. The second-order valence-corrected chi connectivity index (χ2v) is 8.57. The molecule has 1 aromatic heterocycles. The smallest absolute Gasteiger partial charge is 0.270 e. The Morgan fingerprint density at radius 3 is 2.00 bits per heavy atom. The SMILES string of the molecule is CN(C)CCNC(=O)c1ccc(CNC(=O)c2cc(C(=O)NCc3ccc(Cl)c(F)c3)ncn2)cc1. The summed E-state index contributed by atoms with van der Waals surface area (Å²) in [6.45, 7) is 1.55. The minimum absolute atomic E-state index is 0.00535. The summed E-state index contributed by atoms with van der Waals surface area (Å²) in [6, 6.07) is 12.4. The normalized spacial score (nSPS) is 10.7. The molecule has 0 unspecified atom stereocenters. The van der Waals surface area contributed by atoms with Crippen LogP contribution < -0.4 is 16.0 Å². The molecule has 0 aliphatic heterocycles. The quantitative estimate of drug-likeness (QED) is 0.384. The van der Waals surface area contributed by atoms with Gasteiger partial charge in [-0.05, 0) is 49.5 Å². The maximum absolute atomic E-state index is 13.6. The standard InChI is InChI=1S/C25H26ClFN6O3/c1-33(2)10-9-28-23(34)18-6-3-16(4-7-18)13-29-24(35)21-12-22(32-15-31-21)25(36)30-14-17-5-8-19(26)20(27)11-17/h3-8,11-12,15H,9-10,13-14H2,1-2H3,(H,28,34)(H,29,35)(H,30,36). The molecule has 0 spiro atoms. The van der Waals surface area contributed by atoms with Gasteiger partial charge in [0.1, 0.15) is 23.5 Å². The third-order valence-electron chi connectivity index (χ3n) is 5.08. The van der Waals surface area contributed by atoms with Gasteiger partial charge in [0.05, 0.1) is 5.02 Å². The molecule has 1 heterocycles. The highest BCUT2D eigenvalue weighted by Crippen LogP contribution is 2.15. The third-order valence-corrected chi connectivity index (χ3v) is 5.39. The number of hydrogen-bond acceptors (Lipinski definition) is 6. The van der Waals surface area contributed by atoms with E-state index in [4.69, 9.17) is 11.6 Å². The molecule has 0 radical (unpaired) electrons. The zero-order valence-electron chi connectivity index (χ0n) is 19.8. The highest BCUT2D eigenvalue weighted by molar-refractivity contribution is 6.30. The van der Waals surface area contributed by atoms with Crippen molar-refractivity contribution in [1.82, 2.24) is 30.8 Å². The van der Waals surface area contributed by atoms with Gasteiger partial charge in [-0.25, -0.2) is 14.4 Å². The van der Waals surface area contributed by atoms with E-state index in [1.807, 2.05) is 19.0 Å². The Kier molecular flexibility index (Phi) is 9.43. The number of aromatic nitrogens is 2. The molecular formula is C25H26ClFN6O3. The number of nitrogens with zero attached hydrogens (tertiary/aromatic N) is 3. The summed E-state index contributed by atoms with van der Waals surface area (Å²) in [5.74, 6) is -1.78. The number of hydrogen-bond donors (Lipinski definition) is 3. The number of rotatable bonds is 10. The predicted octanol–water partition coefficient (Wildman–Crippen LogP) is 2.42. The van der Waals surface area contributed by atoms with Crippen LogP contribution in [0.1, 0.15) is 42.5 Å². The monoisotopic (exact) mass is 512 g/mol. The van der Waals surface area contributed by atoms with E-state index < -0.39 is 17.6 Å². The fourth-order valence-electron chi connectivity index (χ4n) is 3.07. The number of nitrogens with one attached hydrogen (secondary N) is 3. The van der Waals surface area contributed by atoms with Crippen molar-refractivity contribution < 1.29 is 18.8 Å². The lowest BCUT2D eigenvalue weighted by Crippen LogP contribution is -2.31.